The monoisotopic (exact) mass is 379 g/mol. The third-order valence-electron chi connectivity index (χ3n) is 5.22. The second-order valence-corrected chi connectivity index (χ2v) is 10.3. The van der Waals surface area contributed by atoms with Gasteiger partial charge < -0.3 is 0 Å². The second kappa shape index (κ2) is 8.38. The van der Waals surface area contributed by atoms with Gasteiger partial charge in [-0.15, -0.1) is 0 Å². The Morgan fingerprint density at radius 2 is 1.04 bits per heavy atom. The van der Waals surface area contributed by atoms with Crippen molar-refractivity contribution in [3.8, 4) is 0 Å². The van der Waals surface area contributed by atoms with E-state index in [-0.39, 0.29) is 0 Å². The third-order valence-corrected chi connectivity index (χ3v) is 9.65. The van der Waals surface area contributed by atoms with Gasteiger partial charge in [0.2, 0.25) is 0 Å². The van der Waals surface area contributed by atoms with Gasteiger partial charge in [0.05, 0.1) is 6.16 Å². The van der Waals surface area contributed by atoms with Crippen molar-refractivity contribution in [2.24, 2.45) is 0 Å². The van der Waals surface area contributed by atoms with Gasteiger partial charge in [-0.1, -0.05) is 97.6 Å². The van der Waals surface area contributed by atoms with E-state index in [2.05, 4.69) is 122 Å². The first-order valence-corrected chi connectivity index (χ1v) is 11.6. The molecule has 4 aromatic carbocycles. The molecule has 0 spiro atoms. The molecule has 0 N–H and O–H groups in total. The molecule has 0 nitrogen and oxygen atoms in total. The van der Waals surface area contributed by atoms with Crippen LogP contribution in [0.3, 0.4) is 0 Å². The van der Waals surface area contributed by atoms with Crippen LogP contribution in [-0.2, 0) is 6.16 Å². The fourth-order valence-corrected chi connectivity index (χ4v) is 8.38. The molecule has 0 atom stereocenters. The molecule has 0 radical (unpaired) electrons. The Labute approximate surface area is 168 Å². The summed E-state index contributed by atoms with van der Waals surface area (Å²) in [4.78, 5) is 0. The van der Waals surface area contributed by atoms with Gasteiger partial charge in [-0.05, 0) is 35.9 Å². The average Bonchev–Trinajstić information content (AvgIpc) is 2.79. The summed E-state index contributed by atoms with van der Waals surface area (Å²) in [7, 11) is -1.90. The molecule has 0 fully saturated rings. The van der Waals surface area contributed by atoms with Crippen LogP contribution in [0, 0.1) is 0 Å². The van der Waals surface area contributed by atoms with Gasteiger partial charge >= 0.3 is 0 Å². The number of hydrogen-bond acceptors (Lipinski definition) is 0. The molecular weight excluding hydrogens is 355 g/mol. The summed E-state index contributed by atoms with van der Waals surface area (Å²) in [6.45, 7) is 4.12. The highest BCUT2D eigenvalue weighted by Gasteiger charge is 2.46. The van der Waals surface area contributed by atoms with Crippen LogP contribution in [-0.4, -0.2) is 0 Å². The standard InChI is InChI=1S/C27H24P/c1-2-24-16-12-13-21-27(24)28(25-17-8-4-9-18-25,26-19-10-5-11-20-26)22-23-14-6-3-7-15-23/h2-21H,1,22H2/q+1. The smallest absolute Gasteiger partial charge is 0.0983 e. The van der Waals surface area contributed by atoms with Crippen molar-refractivity contribution in [3.63, 3.8) is 0 Å². The van der Waals surface area contributed by atoms with Crippen molar-refractivity contribution in [2.45, 2.75) is 6.16 Å². The summed E-state index contributed by atoms with van der Waals surface area (Å²) in [5.74, 6) is 0. The lowest BCUT2D eigenvalue weighted by Gasteiger charge is -2.29. The minimum atomic E-state index is -1.90. The van der Waals surface area contributed by atoms with Crippen LogP contribution < -0.4 is 15.9 Å². The number of rotatable bonds is 6. The molecule has 4 aromatic rings. The molecule has 0 aromatic heterocycles. The van der Waals surface area contributed by atoms with Crippen LogP contribution >= 0.6 is 7.26 Å². The second-order valence-electron chi connectivity index (χ2n) is 6.89. The lowest BCUT2D eigenvalue weighted by Crippen LogP contribution is -2.33. The molecular formula is C27H24P+. The highest BCUT2D eigenvalue weighted by Crippen LogP contribution is 2.58. The maximum absolute atomic E-state index is 4.12. The zero-order valence-corrected chi connectivity index (χ0v) is 16.8. The largest absolute Gasteiger partial charge is 0.117 e. The van der Waals surface area contributed by atoms with E-state index in [1.165, 1.54) is 27.0 Å². The van der Waals surface area contributed by atoms with Crippen molar-refractivity contribution < 1.29 is 0 Å². The fraction of sp³-hybridized carbons (Fsp3) is 0.0370. The van der Waals surface area contributed by atoms with E-state index < -0.39 is 7.26 Å². The van der Waals surface area contributed by atoms with E-state index >= 15 is 0 Å². The van der Waals surface area contributed by atoms with Crippen molar-refractivity contribution in [2.75, 3.05) is 0 Å². The maximum atomic E-state index is 4.12. The van der Waals surface area contributed by atoms with E-state index in [4.69, 9.17) is 0 Å². The predicted molar refractivity (Wildman–Crippen MR) is 125 cm³/mol. The topological polar surface area (TPSA) is 0 Å². The molecule has 0 saturated heterocycles. The van der Waals surface area contributed by atoms with Crippen LogP contribution in [0.4, 0.5) is 0 Å². The summed E-state index contributed by atoms with van der Waals surface area (Å²) in [6, 6.07) is 41.6. The van der Waals surface area contributed by atoms with Crippen LogP contribution in [0.15, 0.2) is 122 Å². The van der Waals surface area contributed by atoms with Crippen molar-refractivity contribution in [3.05, 3.63) is 133 Å². The Morgan fingerprint density at radius 1 is 0.571 bits per heavy atom. The lowest BCUT2D eigenvalue weighted by atomic mass is 10.2. The normalized spacial score (nSPS) is 11.1. The average molecular weight is 379 g/mol. The molecule has 4 rings (SSSR count). The molecule has 0 saturated carbocycles. The lowest BCUT2D eigenvalue weighted by molar-refractivity contribution is 1.39. The zero-order valence-electron chi connectivity index (χ0n) is 15.9. The molecule has 136 valence electrons. The van der Waals surface area contributed by atoms with Crippen LogP contribution in [0.25, 0.3) is 6.08 Å². The first kappa shape index (κ1) is 18.4. The molecule has 1 heteroatoms. The van der Waals surface area contributed by atoms with Gasteiger partial charge in [0.15, 0.2) is 0 Å². The summed E-state index contributed by atoms with van der Waals surface area (Å²) in [5, 5.41) is 4.20. The maximum Gasteiger partial charge on any atom is 0.117 e. The van der Waals surface area contributed by atoms with Crippen molar-refractivity contribution >= 4 is 29.3 Å². The Morgan fingerprint density at radius 3 is 1.57 bits per heavy atom. The highest BCUT2D eigenvalue weighted by molar-refractivity contribution is 7.95. The predicted octanol–water partition coefficient (Wildman–Crippen LogP) is 5.82. The van der Waals surface area contributed by atoms with Gasteiger partial charge in [0.25, 0.3) is 0 Å². The number of benzene rings is 4. The molecule has 0 unspecified atom stereocenters. The Hall–Kier alpha value is -2.95. The minimum absolute atomic E-state index is 0.993. The molecule has 0 aliphatic rings. The van der Waals surface area contributed by atoms with Crippen LogP contribution in [0.2, 0.25) is 0 Å². The first-order chi connectivity index (χ1) is 13.8. The minimum Gasteiger partial charge on any atom is -0.0983 e. The zero-order chi connectivity index (χ0) is 19.2. The van der Waals surface area contributed by atoms with E-state index in [0.717, 1.165) is 6.16 Å². The van der Waals surface area contributed by atoms with Gasteiger partial charge in [-0.2, -0.15) is 0 Å². The molecule has 0 aliphatic heterocycles. The Kier molecular flexibility index (Phi) is 5.51. The van der Waals surface area contributed by atoms with Crippen molar-refractivity contribution in [1.82, 2.24) is 0 Å². The number of hydrogen-bond donors (Lipinski definition) is 0. The Balaban J connectivity index is 2.07. The summed E-state index contributed by atoms with van der Waals surface area (Å²) >= 11 is 0. The molecule has 28 heavy (non-hydrogen) atoms. The molecule has 0 amide bonds. The summed E-state index contributed by atoms with van der Waals surface area (Å²) in [6.07, 6.45) is 2.99. The summed E-state index contributed by atoms with van der Waals surface area (Å²) in [5.41, 5.74) is 2.59. The highest BCUT2D eigenvalue weighted by atomic mass is 31.2. The van der Waals surface area contributed by atoms with E-state index in [1.807, 2.05) is 6.08 Å². The van der Waals surface area contributed by atoms with E-state index in [1.54, 1.807) is 0 Å². The van der Waals surface area contributed by atoms with Gasteiger partial charge in [0.1, 0.15) is 23.2 Å². The first-order valence-electron chi connectivity index (χ1n) is 9.60. The molecule has 0 heterocycles. The van der Waals surface area contributed by atoms with Crippen molar-refractivity contribution in [1.29, 1.82) is 0 Å². The third kappa shape index (κ3) is 3.44. The fourth-order valence-electron chi connectivity index (χ4n) is 3.92. The van der Waals surface area contributed by atoms with E-state index in [0.29, 0.717) is 0 Å². The van der Waals surface area contributed by atoms with Gasteiger partial charge in [0, 0.05) is 5.56 Å². The molecule has 0 bridgehead atoms. The summed E-state index contributed by atoms with van der Waals surface area (Å²) < 4.78 is 0. The SMILES string of the molecule is C=Cc1ccccc1[P+](Cc1ccccc1)(c1ccccc1)c1ccccc1. The van der Waals surface area contributed by atoms with Crippen LogP contribution in [0.1, 0.15) is 11.1 Å². The van der Waals surface area contributed by atoms with Gasteiger partial charge in [-0.25, -0.2) is 0 Å². The Bertz CT molecular complexity index is 998. The van der Waals surface area contributed by atoms with Gasteiger partial charge in [-0.3, -0.25) is 0 Å². The molecule has 0 aliphatic carbocycles. The van der Waals surface area contributed by atoms with Crippen LogP contribution in [0.5, 0.6) is 0 Å². The quantitative estimate of drug-likeness (QED) is 0.370. The van der Waals surface area contributed by atoms with E-state index in [9.17, 15) is 0 Å².